The van der Waals surface area contributed by atoms with Crippen LogP contribution in [0.25, 0.3) is 0 Å². The smallest absolute Gasteiger partial charge is 0.232 e. The summed E-state index contributed by atoms with van der Waals surface area (Å²) in [5.74, 6) is -1.66. The number of likely N-dealkylation sites (tertiary alicyclic amines) is 1. The highest BCUT2D eigenvalue weighted by molar-refractivity contribution is 7.92. The summed E-state index contributed by atoms with van der Waals surface area (Å²) < 4.78 is 55.9. The summed E-state index contributed by atoms with van der Waals surface area (Å²) in [5, 5.41) is 1.22. The van der Waals surface area contributed by atoms with E-state index in [-0.39, 0.29) is 28.7 Å². The number of halogens is 5. The van der Waals surface area contributed by atoms with Crippen LogP contribution in [0, 0.1) is 11.6 Å². The molecule has 1 aliphatic heterocycles. The topological polar surface area (TPSA) is 37.4 Å². The van der Waals surface area contributed by atoms with E-state index in [2.05, 4.69) is 0 Å². The molecule has 5 rings (SSSR count). The van der Waals surface area contributed by atoms with Gasteiger partial charge in [-0.1, -0.05) is 77.8 Å². The lowest BCUT2D eigenvalue weighted by atomic mass is 9.87. The van der Waals surface area contributed by atoms with Crippen molar-refractivity contribution in [1.82, 2.24) is 0 Å². The van der Waals surface area contributed by atoms with Crippen molar-refractivity contribution in [1.29, 1.82) is 0 Å². The van der Waals surface area contributed by atoms with Crippen molar-refractivity contribution < 1.29 is 38.7 Å². The largest absolute Gasteiger partial charge is 1.00 e. The van der Waals surface area contributed by atoms with Crippen molar-refractivity contribution >= 4 is 38.9 Å². The van der Waals surface area contributed by atoms with Gasteiger partial charge in [-0.05, 0) is 36.4 Å². The Bertz CT molecular complexity index is 1500. The fourth-order valence-corrected chi connectivity index (χ4v) is 7.18. The Labute approximate surface area is 254 Å². The Morgan fingerprint density at radius 2 is 1.30 bits per heavy atom. The van der Waals surface area contributed by atoms with Crippen molar-refractivity contribution in [3.63, 3.8) is 0 Å². The van der Waals surface area contributed by atoms with Gasteiger partial charge in [0.2, 0.25) is 10.0 Å². The van der Waals surface area contributed by atoms with Gasteiger partial charge in [0.25, 0.3) is 0 Å². The predicted octanol–water partition coefficient (Wildman–Crippen LogP) is 4.23. The van der Waals surface area contributed by atoms with Crippen molar-refractivity contribution in [2.45, 2.75) is 18.6 Å². The second-order valence-electron chi connectivity index (χ2n) is 10.1. The van der Waals surface area contributed by atoms with E-state index in [0.29, 0.717) is 34.2 Å². The van der Waals surface area contributed by atoms with Crippen LogP contribution in [0.2, 0.25) is 10.0 Å². The molecule has 10 heteroatoms. The molecular formula is C30H27BrCl2F2N2O2S. The first-order chi connectivity index (χ1) is 18.5. The molecule has 0 aliphatic carbocycles. The van der Waals surface area contributed by atoms with Crippen LogP contribution in [0.3, 0.4) is 0 Å². The molecule has 210 valence electrons. The maximum absolute atomic E-state index is 14.2. The van der Waals surface area contributed by atoms with Gasteiger partial charge in [-0.2, -0.15) is 0 Å². The summed E-state index contributed by atoms with van der Waals surface area (Å²) in [6.07, 6.45) is 1.07. The fraction of sp³-hybridized carbons (Fsp3) is 0.200. The zero-order valence-electron chi connectivity index (χ0n) is 21.5. The molecule has 0 amide bonds. The Kier molecular flexibility index (Phi) is 9.27. The van der Waals surface area contributed by atoms with Gasteiger partial charge >= 0.3 is 0 Å². The molecule has 1 fully saturated rings. The molecule has 0 unspecified atom stereocenters. The Morgan fingerprint density at radius 3 is 1.75 bits per heavy atom. The van der Waals surface area contributed by atoms with Gasteiger partial charge in [0.05, 0.1) is 11.9 Å². The van der Waals surface area contributed by atoms with Crippen LogP contribution in [0.15, 0.2) is 97.1 Å². The molecule has 1 saturated heterocycles. The number of hydrogen-bond acceptors (Lipinski definition) is 2. The highest BCUT2D eigenvalue weighted by Crippen LogP contribution is 2.45. The van der Waals surface area contributed by atoms with E-state index in [9.17, 15) is 17.2 Å². The lowest BCUT2D eigenvalue weighted by Crippen LogP contribution is -3.00. The van der Waals surface area contributed by atoms with E-state index in [1.165, 1.54) is 0 Å². The SMILES string of the molecule is CS(=O)(=O)N(c1cc(F)cc(F)c1)C1C[N+](Cc2ccccc2)(C(c2ccc(Cl)cc2)c2ccc(Cl)cc2)C1.[Br-]. The monoisotopic (exact) mass is 666 g/mol. The number of nitrogens with zero attached hydrogens (tertiary/aromatic N) is 2. The van der Waals surface area contributed by atoms with Crippen LogP contribution < -0.4 is 21.3 Å². The second kappa shape index (κ2) is 12.2. The van der Waals surface area contributed by atoms with E-state index in [4.69, 9.17) is 23.2 Å². The number of quaternary nitrogens is 1. The van der Waals surface area contributed by atoms with Gasteiger partial charge in [-0.25, -0.2) is 17.2 Å². The molecule has 4 aromatic rings. The summed E-state index contributed by atoms with van der Waals surface area (Å²) in [6.45, 7) is 1.44. The number of rotatable bonds is 8. The molecule has 4 nitrogen and oxygen atoms in total. The predicted molar refractivity (Wildman–Crippen MR) is 152 cm³/mol. The van der Waals surface area contributed by atoms with Crippen molar-refractivity contribution in [2.24, 2.45) is 0 Å². The number of benzene rings is 4. The van der Waals surface area contributed by atoms with E-state index in [1.807, 2.05) is 78.9 Å². The molecule has 0 spiro atoms. The standard InChI is InChI=1S/C30H27Cl2F2N2O2S.BrH/c1-39(37,38)35(28-16-26(33)15-27(34)17-28)29-19-36(20-29,18-21-5-3-2-4-6-21)30(22-7-11-24(31)12-8-22)23-9-13-25(32)14-10-23;/h2-17,29-30H,18-20H2,1H3;1H/q+1;/p-1. The Hall–Kier alpha value is -2.49. The minimum atomic E-state index is -3.85. The average molecular weight is 668 g/mol. The van der Waals surface area contributed by atoms with Gasteiger partial charge in [-0.15, -0.1) is 0 Å². The molecule has 40 heavy (non-hydrogen) atoms. The maximum atomic E-state index is 14.2. The molecule has 0 N–H and O–H groups in total. The van der Waals surface area contributed by atoms with Crippen LogP contribution in [0.4, 0.5) is 14.5 Å². The van der Waals surface area contributed by atoms with Gasteiger partial charge in [-0.3, -0.25) is 4.31 Å². The lowest BCUT2D eigenvalue weighted by molar-refractivity contribution is -0.999. The first-order valence-corrected chi connectivity index (χ1v) is 15.0. The lowest BCUT2D eigenvalue weighted by Gasteiger charge is -2.57. The normalized spacial score (nSPS) is 18.6. The fourth-order valence-electron chi connectivity index (χ4n) is 5.77. The van der Waals surface area contributed by atoms with Crippen LogP contribution >= 0.6 is 23.2 Å². The van der Waals surface area contributed by atoms with Crippen LogP contribution in [-0.2, 0) is 16.6 Å². The van der Waals surface area contributed by atoms with Crippen molar-refractivity contribution in [2.75, 3.05) is 23.7 Å². The molecule has 0 aromatic heterocycles. The first kappa shape index (κ1) is 30.5. The van der Waals surface area contributed by atoms with Crippen molar-refractivity contribution in [3.05, 3.63) is 135 Å². The molecule has 1 aliphatic rings. The maximum Gasteiger partial charge on any atom is 0.232 e. The van der Waals surface area contributed by atoms with Crippen LogP contribution in [0.1, 0.15) is 22.7 Å². The molecule has 0 saturated carbocycles. The molecule has 0 radical (unpaired) electrons. The number of hydrogen-bond donors (Lipinski definition) is 0. The van der Waals surface area contributed by atoms with E-state index >= 15 is 0 Å². The highest BCUT2D eigenvalue weighted by Gasteiger charge is 2.54. The molecule has 1 heterocycles. The van der Waals surface area contributed by atoms with Gasteiger partial charge in [0, 0.05) is 32.8 Å². The van der Waals surface area contributed by atoms with Crippen LogP contribution in [0.5, 0.6) is 0 Å². The molecule has 4 aromatic carbocycles. The zero-order chi connectivity index (χ0) is 27.8. The van der Waals surface area contributed by atoms with E-state index < -0.39 is 27.7 Å². The molecule has 0 bridgehead atoms. The van der Waals surface area contributed by atoms with Crippen LogP contribution in [-0.4, -0.2) is 38.3 Å². The average Bonchev–Trinajstić information content (AvgIpc) is 2.85. The van der Waals surface area contributed by atoms with E-state index in [1.54, 1.807) is 0 Å². The highest BCUT2D eigenvalue weighted by atomic mass is 79.9. The third-order valence-corrected chi connectivity index (χ3v) is 8.93. The summed E-state index contributed by atoms with van der Waals surface area (Å²) in [4.78, 5) is 0. The Balaban J connectivity index is 0.00000370. The van der Waals surface area contributed by atoms with Crippen molar-refractivity contribution in [3.8, 4) is 0 Å². The third-order valence-electron chi connectivity index (χ3n) is 7.20. The zero-order valence-corrected chi connectivity index (χ0v) is 25.4. The van der Waals surface area contributed by atoms with Gasteiger partial charge in [0.1, 0.15) is 43.4 Å². The summed E-state index contributed by atoms with van der Waals surface area (Å²) in [6, 6.07) is 27.5. The Morgan fingerprint density at radius 1 is 0.825 bits per heavy atom. The summed E-state index contributed by atoms with van der Waals surface area (Å²) in [7, 11) is -3.85. The minimum absolute atomic E-state index is 0. The third kappa shape index (κ3) is 6.52. The number of sulfonamides is 1. The van der Waals surface area contributed by atoms with Gasteiger partial charge < -0.3 is 21.5 Å². The summed E-state index contributed by atoms with van der Waals surface area (Å²) in [5.41, 5.74) is 3.09. The first-order valence-electron chi connectivity index (χ1n) is 12.4. The second-order valence-corrected chi connectivity index (χ2v) is 12.8. The van der Waals surface area contributed by atoms with E-state index in [0.717, 1.165) is 45.5 Å². The minimum Gasteiger partial charge on any atom is -1.00 e. The summed E-state index contributed by atoms with van der Waals surface area (Å²) >= 11 is 12.5. The number of anilines is 1. The molecular weight excluding hydrogens is 641 g/mol. The molecule has 0 atom stereocenters. The van der Waals surface area contributed by atoms with Gasteiger partial charge in [0.15, 0.2) is 0 Å². The quantitative estimate of drug-likeness (QED) is 0.264.